The minimum Gasteiger partial charge on any atom is -0.366 e. The van der Waals surface area contributed by atoms with Crippen LogP contribution in [0.2, 0.25) is 0 Å². The zero-order valence-electron chi connectivity index (χ0n) is 13.4. The van der Waals surface area contributed by atoms with Gasteiger partial charge in [0.25, 0.3) is 5.91 Å². The number of halogens is 1. The number of anilines is 1. The maximum absolute atomic E-state index is 12.3. The van der Waals surface area contributed by atoms with Crippen LogP contribution in [0, 0.1) is 6.92 Å². The first kappa shape index (κ1) is 16.9. The predicted molar refractivity (Wildman–Crippen MR) is 98.9 cm³/mol. The topological polar surface area (TPSA) is 90.0 Å². The standard InChI is InChI=1S/C18H15BrN4O2/c1-11-16(22-18(25)12-5-7-14(19)8-6-12)10-21-23(11)15-4-2-3-13(9-15)17(20)24/h2-10H,1H3,(H2,20,24)(H,22,25). The summed E-state index contributed by atoms with van der Waals surface area (Å²) in [6.07, 6.45) is 1.57. The van der Waals surface area contributed by atoms with Crippen molar-refractivity contribution >= 4 is 33.4 Å². The van der Waals surface area contributed by atoms with E-state index in [9.17, 15) is 9.59 Å². The number of hydrogen-bond acceptors (Lipinski definition) is 3. The molecule has 0 saturated heterocycles. The Morgan fingerprint density at radius 2 is 1.84 bits per heavy atom. The molecule has 3 N–H and O–H groups in total. The lowest BCUT2D eigenvalue weighted by molar-refractivity contribution is 0.0997. The molecule has 2 aromatic carbocycles. The van der Waals surface area contributed by atoms with Crippen LogP contribution in [0.15, 0.2) is 59.2 Å². The quantitative estimate of drug-likeness (QED) is 0.706. The number of primary amides is 1. The molecular formula is C18H15BrN4O2. The van der Waals surface area contributed by atoms with Crippen LogP contribution >= 0.6 is 15.9 Å². The Bertz CT molecular complexity index is 948. The van der Waals surface area contributed by atoms with Gasteiger partial charge in [0, 0.05) is 15.6 Å². The lowest BCUT2D eigenvalue weighted by Gasteiger charge is -2.08. The number of amides is 2. The van der Waals surface area contributed by atoms with Crippen molar-refractivity contribution in [3.05, 3.63) is 76.0 Å². The number of rotatable bonds is 4. The molecule has 0 aliphatic heterocycles. The molecular weight excluding hydrogens is 384 g/mol. The lowest BCUT2D eigenvalue weighted by atomic mass is 10.2. The Hall–Kier alpha value is -2.93. The summed E-state index contributed by atoms with van der Waals surface area (Å²) in [5, 5.41) is 7.13. The van der Waals surface area contributed by atoms with Gasteiger partial charge in [0.2, 0.25) is 5.91 Å². The van der Waals surface area contributed by atoms with Gasteiger partial charge in [-0.2, -0.15) is 5.10 Å². The highest BCUT2D eigenvalue weighted by Gasteiger charge is 2.13. The molecule has 0 aliphatic rings. The molecule has 126 valence electrons. The third kappa shape index (κ3) is 3.61. The molecule has 1 aromatic heterocycles. The number of benzene rings is 2. The molecule has 0 spiro atoms. The molecule has 2 amide bonds. The molecule has 0 atom stereocenters. The molecule has 0 aliphatic carbocycles. The number of nitrogens with two attached hydrogens (primary N) is 1. The second-order valence-corrected chi connectivity index (χ2v) is 6.35. The van der Waals surface area contributed by atoms with Crippen LogP contribution in [-0.4, -0.2) is 21.6 Å². The summed E-state index contributed by atoms with van der Waals surface area (Å²) in [4.78, 5) is 23.7. The van der Waals surface area contributed by atoms with Crippen molar-refractivity contribution < 1.29 is 9.59 Å². The van der Waals surface area contributed by atoms with Crippen LogP contribution in [-0.2, 0) is 0 Å². The number of aromatic nitrogens is 2. The third-order valence-corrected chi connectivity index (χ3v) is 4.27. The van der Waals surface area contributed by atoms with Gasteiger partial charge in [-0.1, -0.05) is 22.0 Å². The van der Waals surface area contributed by atoms with Gasteiger partial charge in [-0.25, -0.2) is 4.68 Å². The molecule has 6 nitrogen and oxygen atoms in total. The minimum absolute atomic E-state index is 0.221. The molecule has 25 heavy (non-hydrogen) atoms. The number of carbonyl (C=O) groups is 2. The minimum atomic E-state index is -0.504. The summed E-state index contributed by atoms with van der Waals surface area (Å²) in [5.74, 6) is -0.725. The SMILES string of the molecule is Cc1c(NC(=O)c2ccc(Br)cc2)cnn1-c1cccc(C(N)=O)c1. The summed E-state index contributed by atoms with van der Waals surface area (Å²) in [7, 11) is 0. The second-order valence-electron chi connectivity index (χ2n) is 5.43. The number of carbonyl (C=O) groups excluding carboxylic acids is 2. The number of nitrogens with zero attached hydrogens (tertiary/aromatic N) is 2. The highest BCUT2D eigenvalue weighted by molar-refractivity contribution is 9.10. The summed E-state index contributed by atoms with van der Waals surface area (Å²) in [5.41, 5.74) is 8.29. The van der Waals surface area contributed by atoms with Gasteiger partial charge >= 0.3 is 0 Å². The summed E-state index contributed by atoms with van der Waals surface area (Å²) >= 11 is 3.34. The van der Waals surface area contributed by atoms with E-state index in [-0.39, 0.29) is 5.91 Å². The van der Waals surface area contributed by atoms with Gasteiger partial charge in [-0.3, -0.25) is 9.59 Å². The van der Waals surface area contributed by atoms with E-state index in [1.165, 1.54) is 0 Å². The molecule has 3 aromatic rings. The fourth-order valence-corrected chi connectivity index (χ4v) is 2.64. The van der Waals surface area contributed by atoms with Gasteiger partial charge in [0.15, 0.2) is 0 Å². The molecule has 0 radical (unpaired) electrons. The van der Waals surface area contributed by atoms with Crippen molar-refractivity contribution in [2.24, 2.45) is 5.73 Å². The Morgan fingerprint density at radius 1 is 1.12 bits per heavy atom. The van der Waals surface area contributed by atoms with Gasteiger partial charge in [-0.05, 0) is 49.4 Å². The molecule has 0 unspecified atom stereocenters. The molecule has 1 heterocycles. The maximum atomic E-state index is 12.3. The molecule has 0 fully saturated rings. The molecule has 0 saturated carbocycles. The van der Waals surface area contributed by atoms with E-state index in [4.69, 9.17) is 5.73 Å². The second kappa shape index (κ2) is 6.90. The number of nitrogens with one attached hydrogen (secondary N) is 1. The van der Waals surface area contributed by atoms with Gasteiger partial charge < -0.3 is 11.1 Å². The summed E-state index contributed by atoms with van der Waals surface area (Å²) in [6.45, 7) is 1.83. The van der Waals surface area contributed by atoms with Crippen molar-refractivity contribution in [3.63, 3.8) is 0 Å². The van der Waals surface area contributed by atoms with Crippen molar-refractivity contribution in [2.75, 3.05) is 5.32 Å². The molecule has 7 heteroatoms. The largest absolute Gasteiger partial charge is 0.366 e. The molecule has 3 rings (SSSR count). The van der Waals surface area contributed by atoms with Crippen LogP contribution in [0.4, 0.5) is 5.69 Å². The van der Waals surface area contributed by atoms with Gasteiger partial charge in [0.1, 0.15) is 0 Å². The fourth-order valence-electron chi connectivity index (χ4n) is 2.38. The van der Waals surface area contributed by atoms with Crippen molar-refractivity contribution in [2.45, 2.75) is 6.92 Å². The Kier molecular flexibility index (Phi) is 4.67. The van der Waals surface area contributed by atoms with Crippen molar-refractivity contribution in [1.82, 2.24) is 9.78 Å². The lowest BCUT2D eigenvalue weighted by Crippen LogP contribution is -2.13. The fraction of sp³-hybridized carbons (Fsp3) is 0.0556. The van der Waals surface area contributed by atoms with E-state index < -0.39 is 5.91 Å². The zero-order valence-corrected chi connectivity index (χ0v) is 14.9. The molecule has 0 bridgehead atoms. The summed E-state index contributed by atoms with van der Waals surface area (Å²) in [6, 6.07) is 13.9. The van der Waals surface area contributed by atoms with E-state index in [0.717, 1.165) is 10.2 Å². The monoisotopic (exact) mass is 398 g/mol. The third-order valence-electron chi connectivity index (χ3n) is 3.74. The van der Waals surface area contributed by atoms with E-state index in [1.54, 1.807) is 53.3 Å². The van der Waals surface area contributed by atoms with Crippen molar-refractivity contribution in [1.29, 1.82) is 0 Å². The van der Waals surface area contributed by atoms with E-state index in [2.05, 4.69) is 26.3 Å². The van der Waals surface area contributed by atoms with Crippen LogP contribution < -0.4 is 11.1 Å². The van der Waals surface area contributed by atoms with E-state index >= 15 is 0 Å². The van der Waals surface area contributed by atoms with Crippen LogP contribution in [0.5, 0.6) is 0 Å². The Labute approximate surface area is 152 Å². The van der Waals surface area contributed by atoms with Gasteiger partial charge in [0.05, 0.1) is 23.3 Å². The van der Waals surface area contributed by atoms with E-state index in [1.807, 2.05) is 13.0 Å². The summed E-state index contributed by atoms with van der Waals surface area (Å²) < 4.78 is 2.55. The first-order valence-corrected chi connectivity index (χ1v) is 8.27. The Balaban J connectivity index is 1.86. The van der Waals surface area contributed by atoms with Crippen molar-refractivity contribution in [3.8, 4) is 5.69 Å². The number of hydrogen-bond donors (Lipinski definition) is 2. The first-order valence-electron chi connectivity index (χ1n) is 7.47. The van der Waals surface area contributed by atoms with Gasteiger partial charge in [-0.15, -0.1) is 0 Å². The first-order chi connectivity index (χ1) is 12.0. The van der Waals surface area contributed by atoms with E-state index in [0.29, 0.717) is 22.5 Å². The zero-order chi connectivity index (χ0) is 18.0. The average Bonchev–Trinajstić information content (AvgIpc) is 2.96. The highest BCUT2D eigenvalue weighted by atomic mass is 79.9. The normalized spacial score (nSPS) is 10.5. The average molecular weight is 399 g/mol. The highest BCUT2D eigenvalue weighted by Crippen LogP contribution is 2.20. The maximum Gasteiger partial charge on any atom is 0.255 e. The Morgan fingerprint density at radius 3 is 2.52 bits per heavy atom. The van der Waals surface area contributed by atoms with Crippen LogP contribution in [0.3, 0.4) is 0 Å². The van der Waals surface area contributed by atoms with Crippen LogP contribution in [0.1, 0.15) is 26.4 Å². The predicted octanol–water partition coefficient (Wildman–Crippen LogP) is 3.29. The smallest absolute Gasteiger partial charge is 0.255 e. The van der Waals surface area contributed by atoms with Crippen LogP contribution in [0.25, 0.3) is 5.69 Å².